The summed E-state index contributed by atoms with van der Waals surface area (Å²) in [5, 5.41) is 3.80. The molecule has 5 nitrogen and oxygen atoms in total. The molecule has 0 radical (unpaired) electrons. The Balaban J connectivity index is 1.98. The minimum atomic E-state index is -0.318. The predicted molar refractivity (Wildman–Crippen MR) is 69.4 cm³/mol. The highest BCUT2D eigenvalue weighted by molar-refractivity contribution is 5.95. The summed E-state index contributed by atoms with van der Waals surface area (Å²) in [6.07, 6.45) is 1.44. The molecule has 0 aliphatic carbocycles. The van der Waals surface area contributed by atoms with Crippen molar-refractivity contribution in [2.75, 3.05) is 5.73 Å². The van der Waals surface area contributed by atoms with Crippen molar-refractivity contribution in [3.05, 3.63) is 53.5 Å². The van der Waals surface area contributed by atoms with Gasteiger partial charge in [-0.05, 0) is 37.3 Å². The molecule has 0 fully saturated rings. The summed E-state index contributed by atoms with van der Waals surface area (Å²) in [6.45, 7) is 1.84. The highest BCUT2D eigenvalue weighted by Crippen LogP contribution is 2.06. The van der Waals surface area contributed by atoms with Gasteiger partial charge < -0.3 is 10.2 Å². The number of carbonyl (C=O) groups is 1. The lowest BCUT2D eigenvalue weighted by atomic mass is 10.2. The summed E-state index contributed by atoms with van der Waals surface area (Å²) in [4.78, 5) is 11.7. The number of hydrazone groups is 1. The van der Waals surface area contributed by atoms with Crippen molar-refractivity contribution in [3.63, 3.8) is 0 Å². The number of hydrogen-bond donors (Lipinski definition) is 2. The number of benzene rings is 1. The van der Waals surface area contributed by atoms with E-state index in [0.717, 1.165) is 5.76 Å². The van der Waals surface area contributed by atoms with Crippen LogP contribution < -0.4 is 11.2 Å². The molecule has 0 saturated carbocycles. The van der Waals surface area contributed by atoms with Gasteiger partial charge in [0.2, 0.25) is 0 Å². The van der Waals surface area contributed by atoms with Crippen LogP contribution in [0.3, 0.4) is 0 Å². The Morgan fingerprint density at radius 1 is 1.39 bits per heavy atom. The Hall–Kier alpha value is -2.56. The third-order valence-corrected chi connectivity index (χ3v) is 2.27. The van der Waals surface area contributed by atoms with Gasteiger partial charge in [-0.25, -0.2) is 5.43 Å². The molecule has 1 amide bonds. The summed E-state index contributed by atoms with van der Waals surface area (Å²) >= 11 is 0. The first-order chi connectivity index (χ1) is 8.65. The molecule has 0 bridgehead atoms. The van der Waals surface area contributed by atoms with Gasteiger partial charge in [0.1, 0.15) is 11.5 Å². The van der Waals surface area contributed by atoms with E-state index in [0.29, 0.717) is 17.0 Å². The first-order valence-corrected chi connectivity index (χ1v) is 5.40. The largest absolute Gasteiger partial charge is 0.460 e. The van der Waals surface area contributed by atoms with Crippen molar-refractivity contribution in [1.82, 2.24) is 5.43 Å². The van der Waals surface area contributed by atoms with Gasteiger partial charge in [-0.2, -0.15) is 5.10 Å². The van der Waals surface area contributed by atoms with Crippen LogP contribution in [0, 0.1) is 6.92 Å². The number of nitrogens with two attached hydrogens (primary N) is 1. The number of nitrogen functional groups attached to an aromatic ring is 1. The first kappa shape index (κ1) is 11.9. The van der Waals surface area contributed by atoms with Gasteiger partial charge in [0, 0.05) is 11.3 Å². The molecule has 1 heterocycles. The van der Waals surface area contributed by atoms with Gasteiger partial charge in [0.05, 0.1) is 6.21 Å². The Bertz CT molecular complexity index is 587. The van der Waals surface area contributed by atoms with E-state index in [9.17, 15) is 4.79 Å². The van der Waals surface area contributed by atoms with Crippen molar-refractivity contribution in [2.45, 2.75) is 6.92 Å². The molecule has 0 aliphatic heterocycles. The van der Waals surface area contributed by atoms with Gasteiger partial charge in [-0.15, -0.1) is 0 Å². The number of furan rings is 1. The Morgan fingerprint density at radius 2 is 2.22 bits per heavy atom. The third-order valence-electron chi connectivity index (χ3n) is 2.27. The second-order valence-corrected chi connectivity index (χ2v) is 3.77. The summed E-state index contributed by atoms with van der Waals surface area (Å²) in [7, 11) is 0. The molecule has 1 aromatic heterocycles. The molecule has 0 saturated heterocycles. The third kappa shape index (κ3) is 2.98. The molecular formula is C13H13N3O2. The fourth-order valence-corrected chi connectivity index (χ4v) is 1.42. The number of carbonyl (C=O) groups excluding carboxylic acids is 1. The van der Waals surface area contributed by atoms with Crippen LogP contribution in [0.5, 0.6) is 0 Å². The van der Waals surface area contributed by atoms with E-state index in [1.165, 1.54) is 6.21 Å². The molecule has 1 aromatic carbocycles. The van der Waals surface area contributed by atoms with Crippen LogP contribution in [0.15, 0.2) is 45.9 Å². The van der Waals surface area contributed by atoms with Crippen LogP contribution in [0.2, 0.25) is 0 Å². The highest BCUT2D eigenvalue weighted by atomic mass is 16.3. The fourth-order valence-electron chi connectivity index (χ4n) is 1.42. The zero-order chi connectivity index (χ0) is 13.0. The number of nitrogens with one attached hydrogen (secondary N) is 1. The average molecular weight is 243 g/mol. The van der Waals surface area contributed by atoms with Crippen molar-refractivity contribution >= 4 is 17.8 Å². The van der Waals surface area contributed by atoms with Crippen molar-refractivity contribution < 1.29 is 9.21 Å². The van der Waals surface area contributed by atoms with E-state index in [4.69, 9.17) is 10.2 Å². The zero-order valence-corrected chi connectivity index (χ0v) is 9.88. The van der Waals surface area contributed by atoms with Gasteiger partial charge in [-0.3, -0.25) is 4.79 Å². The number of amides is 1. The quantitative estimate of drug-likeness (QED) is 0.491. The van der Waals surface area contributed by atoms with Crippen molar-refractivity contribution in [3.8, 4) is 0 Å². The molecule has 92 valence electrons. The van der Waals surface area contributed by atoms with Crippen LogP contribution >= 0.6 is 0 Å². The number of aryl methyl sites for hydroxylation is 1. The second kappa shape index (κ2) is 5.18. The normalized spacial score (nSPS) is 10.7. The molecule has 2 rings (SSSR count). The summed E-state index contributed by atoms with van der Waals surface area (Å²) in [6, 6.07) is 10.3. The summed E-state index contributed by atoms with van der Waals surface area (Å²) in [5.41, 5.74) is 8.98. The molecule has 5 heteroatoms. The maximum absolute atomic E-state index is 11.7. The van der Waals surface area contributed by atoms with Crippen LogP contribution in [0.25, 0.3) is 0 Å². The topological polar surface area (TPSA) is 80.6 Å². The van der Waals surface area contributed by atoms with Crippen molar-refractivity contribution in [1.29, 1.82) is 0 Å². The predicted octanol–water partition coefficient (Wildman–Crippen LogP) is 1.93. The minimum absolute atomic E-state index is 0.318. The van der Waals surface area contributed by atoms with E-state index in [1.807, 2.05) is 13.0 Å². The van der Waals surface area contributed by atoms with Gasteiger partial charge >= 0.3 is 0 Å². The maximum Gasteiger partial charge on any atom is 0.271 e. The van der Waals surface area contributed by atoms with E-state index in [1.54, 1.807) is 30.3 Å². The number of hydrogen-bond acceptors (Lipinski definition) is 4. The van der Waals surface area contributed by atoms with Gasteiger partial charge in [-0.1, -0.05) is 6.07 Å². The molecule has 3 N–H and O–H groups in total. The van der Waals surface area contributed by atoms with E-state index < -0.39 is 0 Å². The first-order valence-electron chi connectivity index (χ1n) is 5.40. The average Bonchev–Trinajstić information content (AvgIpc) is 2.75. The Labute approximate surface area is 104 Å². The lowest BCUT2D eigenvalue weighted by Gasteiger charge is -2.00. The molecule has 2 aromatic rings. The molecule has 18 heavy (non-hydrogen) atoms. The highest BCUT2D eigenvalue weighted by Gasteiger charge is 2.03. The SMILES string of the molecule is Cc1ccc(/C=N/NC(=O)c2cccc(N)c2)o1. The molecule has 0 aliphatic rings. The van der Waals surface area contributed by atoms with Gasteiger partial charge in [0.15, 0.2) is 0 Å². The fraction of sp³-hybridized carbons (Fsp3) is 0.0769. The van der Waals surface area contributed by atoms with Crippen LogP contribution in [-0.2, 0) is 0 Å². The molecule has 0 unspecified atom stereocenters. The number of anilines is 1. The van der Waals surface area contributed by atoms with E-state index >= 15 is 0 Å². The number of nitrogens with zero attached hydrogens (tertiary/aromatic N) is 1. The van der Waals surface area contributed by atoms with Crippen LogP contribution in [0.1, 0.15) is 21.9 Å². The lowest BCUT2D eigenvalue weighted by Crippen LogP contribution is -2.17. The second-order valence-electron chi connectivity index (χ2n) is 3.77. The maximum atomic E-state index is 11.7. The Morgan fingerprint density at radius 3 is 2.89 bits per heavy atom. The zero-order valence-electron chi connectivity index (χ0n) is 9.88. The Kier molecular flexibility index (Phi) is 3.43. The smallest absolute Gasteiger partial charge is 0.271 e. The standard InChI is InChI=1S/C13H13N3O2/c1-9-5-6-12(18-9)8-15-16-13(17)10-3-2-4-11(14)7-10/h2-8H,14H2,1H3,(H,16,17)/b15-8+. The molecule has 0 spiro atoms. The summed E-state index contributed by atoms with van der Waals surface area (Å²) < 4.78 is 5.27. The lowest BCUT2D eigenvalue weighted by molar-refractivity contribution is 0.0955. The van der Waals surface area contributed by atoms with E-state index in [-0.39, 0.29) is 5.91 Å². The number of rotatable bonds is 3. The van der Waals surface area contributed by atoms with Gasteiger partial charge in [0.25, 0.3) is 5.91 Å². The monoisotopic (exact) mass is 243 g/mol. The molecule has 0 atom stereocenters. The molecular weight excluding hydrogens is 230 g/mol. The van der Waals surface area contributed by atoms with Crippen LogP contribution in [0.4, 0.5) is 5.69 Å². The minimum Gasteiger partial charge on any atom is -0.460 e. The summed E-state index contributed by atoms with van der Waals surface area (Å²) in [5.74, 6) is 1.06. The van der Waals surface area contributed by atoms with E-state index in [2.05, 4.69) is 10.5 Å². The van der Waals surface area contributed by atoms with Crippen molar-refractivity contribution in [2.24, 2.45) is 5.10 Å². The van der Waals surface area contributed by atoms with Crippen LogP contribution in [-0.4, -0.2) is 12.1 Å².